The minimum Gasteiger partial charge on any atom is -0.323 e. The number of para-hydroxylation sites is 1. The maximum absolute atomic E-state index is 12.5. The summed E-state index contributed by atoms with van der Waals surface area (Å²) in [6, 6.07) is 9.79. The lowest BCUT2D eigenvalue weighted by Crippen LogP contribution is -2.48. The van der Waals surface area contributed by atoms with Crippen LogP contribution in [0.25, 0.3) is 10.9 Å². The summed E-state index contributed by atoms with van der Waals surface area (Å²) in [6.45, 7) is 5.00. The molecule has 2 aromatic rings. The van der Waals surface area contributed by atoms with E-state index in [1.807, 2.05) is 37.3 Å². The molecule has 4 heteroatoms. The number of aryl methyl sites for hydroxylation is 1. The third kappa shape index (κ3) is 2.90. The summed E-state index contributed by atoms with van der Waals surface area (Å²) in [5.41, 5.74) is 2.60. The average molecular weight is 283 g/mol. The Morgan fingerprint density at radius 2 is 2.19 bits per heavy atom. The number of hydrogen-bond acceptors (Lipinski definition) is 3. The number of piperidine rings is 1. The summed E-state index contributed by atoms with van der Waals surface area (Å²) in [5.74, 6) is 0.404. The SMILES string of the molecule is Cc1ccc2cccc(NC(=O)C3NCCCC3C)c2n1. The average Bonchev–Trinajstić information content (AvgIpc) is 2.48. The van der Waals surface area contributed by atoms with Gasteiger partial charge in [-0.2, -0.15) is 0 Å². The van der Waals surface area contributed by atoms with Gasteiger partial charge in [-0.05, 0) is 44.4 Å². The van der Waals surface area contributed by atoms with Crippen LogP contribution in [0, 0.1) is 12.8 Å². The second-order valence-corrected chi connectivity index (χ2v) is 5.87. The van der Waals surface area contributed by atoms with Gasteiger partial charge >= 0.3 is 0 Å². The van der Waals surface area contributed by atoms with E-state index in [9.17, 15) is 4.79 Å². The van der Waals surface area contributed by atoms with Gasteiger partial charge in [0.25, 0.3) is 0 Å². The van der Waals surface area contributed by atoms with Crippen LogP contribution in [-0.2, 0) is 4.79 Å². The van der Waals surface area contributed by atoms with Crippen molar-refractivity contribution in [3.8, 4) is 0 Å². The fraction of sp³-hybridized carbons (Fsp3) is 0.412. The van der Waals surface area contributed by atoms with Crippen LogP contribution in [0.5, 0.6) is 0 Å². The summed E-state index contributed by atoms with van der Waals surface area (Å²) in [7, 11) is 0. The van der Waals surface area contributed by atoms with E-state index < -0.39 is 0 Å². The number of nitrogens with one attached hydrogen (secondary N) is 2. The predicted octanol–water partition coefficient (Wildman–Crippen LogP) is 2.87. The number of rotatable bonds is 2. The Morgan fingerprint density at radius 3 is 3.00 bits per heavy atom. The van der Waals surface area contributed by atoms with E-state index in [0.29, 0.717) is 5.92 Å². The van der Waals surface area contributed by atoms with Crippen molar-refractivity contribution in [2.75, 3.05) is 11.9 Å². The maximum atomic E-state index is 12.5. The maximum Gasteiger partial charge on any atom is 0.241 e. The molecule has 2 unspecified atom stereocenters. The molecular formula is C17H21N3O. The van der Waals surface area contributed by atoms with E-state index in [0.717, 1.165) is 41.7 Å². The van der Waals surface area contributed by atoms with E-state index in [1.165, 1.54) is 0 Å². The Labute approximate surface area is 125 Å². The van der Waals surface area contributed by atoms with Crippen LogP contribution in [0.2, 0.25) is 0 Å². The molecule has 0 spiro atoms. The fourth-order valence-corrected chi connectivity index (χ4v) is 2.96. The number of hydrogen-bond donors (Lipinski definition) is 2. The summed E-state index contributed by atoms with van der Waals surface area (Å²) in [5, 5.41) is 7.41. The van der Waals surface area contributed by atoms with Crippen LogP contribution < -0.4 is 10.6 Å². The molecule has 1 aromatic carbocycles. The normalized spacial score (nSPS) is 22.2. The van der Waals surface area contributed by atoms with Gasteiger partial charge in [0.1, 0.15) is 0 Å². The highest BCUT2D eigenvalue weighted by Crippen LogP contribution is 2.23. The molecule has 0 bridgehead atoms. The van der Waals surface area contributed by atoms with E-state index >= 15 is 0 Å². The van der Waals surface area contributed by atoms with Gasteiger partial charge in [-0.25, -0.2) is 0 Å². The molecule has 110 valence electrons. The van der Waals surface area contributed by atoms with E-state index in [2.05, 4.69) is 22.5 Å². The largest absolute Gasteiger partial charge is 0.323 e. The molecule has 0 aliphatic carbocycles. The number of carbonyl (C=O) groups excluding carboxylic acids is 1. The molecule has 1 aliphatic heterocycles. The Kier molecular flexibility index (Phi) is 3.88. The molecule has 1 saturated heterocycles. The number of fused-ring (bicyclic) bond motifs is 1. The Bertz CT molecular complexity index is 668. The monoisotopic (exact) mass is 283 g/mol. The van der Waals surface area contributed by atoms with Crippen LogP contribution in [0.15, 0.2) is 30.3 Å². The first-order valence-electron chi connectivity index (χ1n) is 7.56. The summed E-state index contributed by atoms with van der Waals surface area (Å²) >= 11 is 0. The Morgan fingerprint density at radius 1 is 1.33 bits per heavy atom. The molecule has 2 N–H and O–H groups in total. The molecule has 4 nitrogen and oxygen atoms in total. The van der Waals surface area contributed by atoms with Crippen molar-refractivity contribution in [2.24, 2.45) is 5.92 Å². The van der Waals surface area contributed by atoms with Gasteiger partial charge in [0, 0.05) is 11.1 Å². The van der Waals surface area contributed by atoms with Crippen molar-refractivity contribution in [2.45, 2.75) is 32.7 Å². The highest BCUT2D eigenvalue weighted by atomic mass is 16.2. The van der Waals surface area contributed by atoms with Crippen molar-refractivity contribution >= 4 is 22.5 Å². The molecule has 0 saturated carbocycles. The lowest BCUT2D eigenvalue weighted by Gasteiger charge is -2.29. The van der Waals surface area contributed by atoms with Crippen molar-refractivity contribution < 1.29 is 4.79 Å². The van der Waals surface area contributed by atoms with Gasteiger partial charge in [0.05, 0.1) is 17.2 Å². The minimum atomic E-state index is -0.112. The number of benzene rings is 1. The first-order chi connectivity index (χ1) is 10.1. The molecule has 2 heterocycles. The molecule has 1 fully saturated rings. The minimum absolute atomic E-state index is 0.0398. The summed E-state index contributed by atoms with van der Waals surface area (Å²) in [6.07, 6.45) is 2.23. The van der Waals surface area contributed by atoms with Crippen molar-refractivity contribution in [1.29, 1.82) is 0 Å². The molecular weight excluding hydrogens is 262 g/mol. The van der Waals surface area contributed by atoms with Crippen molar-refractivity contribution in [1.82, 2.24) is 10.3 Å². The lowest BCUT2D eigenvalue weighted by molar-refractivity contribution is -0.119. The van der Waals surface area contributed by atoms with Gasteiger partial charge in [0.15, 0.2) is 0 Å². The predicted molar refractivity (Wildman–Crippen MR) is 85.3 cm³/mol. The van der Waals surface area contributed by atoms with Crippen LogP contribution in [0.4, 0.5) is 5.69 Å². The van der Waals surface area contributed by atoms with Crippen LogP contribution >= 0.6 is 0 Å². The third-order valence-electron chi connectivity index (χ3n) is 4.17. The highest BCUT2D eigenvalue weighted by Gasteiger charge is 2.27. The first kappa shape index (κ1) is 14.0. The Hall–Kier alpha value is -1.94. The number of pyridine rings is 1. The second-order valence-electron chi connectivity index (χ2n) is 5.87. The van der Waals surface area contributed by atoms with E-state index in [-0.39, 0.29) is 11.9 Å². The number of aromatic nitrogens is 1. The number of amides is 1. The van der Waals surface area contributed by atoms with Crippen LogP contribution in [0.3, 0.4) is 0 Å². The molecule has 1 aromatic heterocycles. The van der Waals surface area contributed by atoms with E-state index in [4.69, 9.17) is 0 Å². The van der Waals surface area contributed by atoms with Gasteiger partial charge < -0.3 is 10.6 Å². The standard InChI is InChI=1S/C17H21N3O/c1-11-5-4-10-18-15(11)17(21)20-14-7-3-6-13-9-8-12(2)19-16(13)14/h3,6-9,11,15,18H,4-5,10H2,1-2H3,(H,20,21). The topological polar surface area (TPSA) is 54.0 Å². The van der Waals surface area contributed by atoms with Crippen LogP contribution in [-0.4, -0.2) is 23.5 Å². The molecule has 0 radical (unpaired) electrons. The van der Waals surface area contributed by atoms with Gasteiger partial charge in [-0.15, -0.1) is 0 Å². The lowest BCUT2D eigenvalue weighted by atomic mass is 9.92. The number of anilines is 1. The zero-order chi connectivity index (χ0) is 14.8. The molecule has 1 amide bonds. The number of carbonyl (C=O) groups is 1. The molecule has 21 heavy (non-hydrogen) atoms. The second kappa shape index (κ2) is 5.82. The fourth-order valence-electron chi connectivity index (χ4n) is 2.96. The first-order valence-corrected chi connectivity index (χ1v) is 7.56. The highest BCUT2D eigenvalue weighted by molar-refractivity contribution is 6.02. The smallest absolute Gasteiger partial charge is 0.241 e. The zero-order valence-electron chi connectivity index (χ0n) is 12.5. The van der Waals surface area contributed by atoms with E-state index in [1.54, 1.807) is 0 Å². The Balaban J connectivity index is 1.87. The van der Waals surface area contributed by atoms with Gasteiger partial charge in [0.2, 0.25) is 5.91 Å². The quantitative estimate of drug-likeness (QED) is 0.891. The van der Waals surface area contributed by atoms with Crippen molar-refractivity contribution in [3.05, 3.63) is 36.0 Å². The third-order valence-corrected chi connectivity index (χ3v) is 4.17. The zero-order valence-corrected chi connectivity index (χ0v) is 12.5. The van der Waals surface area contributed by atoms with Gasteiger partial charge in [-0.3, -0.25) is 9.78 Å². The number of nitrogens with zero attached hydrogens (tertiary/aromatic N) is 1. The molecule has 1 aliphatic rings. The van der Waals surface area contributed by atoms with Gasteiger partial charge in [-0.1, -0.05) is 25.1 Å². The molecule has 2 atom stereocenters. The summed E-state index contributed by atoms with van der Waals surface area (Å²) in [4.78, 5) is 17.1. The summed E-state index contributed by atoms with van der Waals surface area (Å²) < 4.78 is 0. The van der Waals surface area contributed by atoms with Crippen LogP contribution in [0.1, 0.15) is 25.5 Å². The molecule has 3 rings (SSSR count). The van der Waals surface area contributed by atoms with Crippen molar-refractivity contribution in [3.63, 3.8) is 0 Å².